The Labute approximate surface area is 130 Å². The zero-order valence-corrected chi connectivity index (χ0v) is 11.9. The van der Waals surface area contributed by atoms with Gasteiger partial charge in [-0.05, 0) is 30.3 Å². The lowest BCUT2D eigenvalue weighted by Gasteiger charge is -2.05. The summed E-state index contributed by atoms with van der Waals surface area (Å²) in [6, 6.07) is 7.67. The first-order valence-corrected chi connectivity index (χ1v) is 6.65. The second kappa shape index (κ2) is 7.40. The molecule has 0 aliphatic heterocycles. The van der Waals surface area contributed by atoms with E-state index < -0.39 is 17.8 Å². The van der Waals surface area contributed by atoms with Gasteiger partial charge < -0.3 is 15.1 Å². The van der Waals surface area contributed by atoms with Crippen molar-refractivity contribution in [3.63, 3.8) is 0 Å². The molecule has 120 valence electrons. The van der Waals surface area contributed by atoms with Gasteiger partial charge in [-0.15, -0.1) is 0 Å². The number of hydrogen-bond donors (Lipinski definition) is 2. The number of hydrogen-bond acceptors (Lipinski definition) is 2. The number of carbonyl (C=O) groups is 1. The quantitative estimate of drug-likeness (QED) is 0.853. The smallest absolute Gasteiger partial charge is 0.416 e. The molecular weight excluding hydrogens is 309 g/mol. The van der Waals surface area contributed by atoms with Gasteiger partial charge in [-0.1, -0.05) is 17.9 Å². The number of halogens is 3. The lowest BCUT2D eigenvalue weighted by molar-refractivity contribution is -0.137. The van der Waals surface area contributed by atoms with Gasteiger partial charge in [0.2, 0.25) is 0 Å². The van der Waals surface area contributed by atoms with Crippen molar-refractivity contribution in [1.29, 1.82) is 0 Å². The average molecular weight is 322 g/mol. The third-order valence-corrected chi connectivity index (χ3v) is 2.76. The summed E-state index contributed by atoms with van der Waals surface area (Å²) >= 11 is 0. The van der Waals surface area contributed by atoms with Crippen LogP contribution in [0.1, 0.15) is 16.9 Å². The maximum absolute atomic E-state index is 12.5. The molecule has 0 saturated carbocycles. The predicted octanol–water partition coefficient (Wildman–Crippen LogP) is 3.15. The van der Waals surface area contributed by atoms with Crippen LogP contribution >= 0.6 is 0 Å². The maximum Gasteiger partial charge on any atom is 0.416 e. The van der Waals surface area contributed by atoms with Crippen molar-refractivity contribution in [2.45, 2.75) is 12.7 Å². The van der Waals surface area contributed by atoms with E-state index in [4.69, 9.17) is 4.42 Å². The molecule has 0 saturated heterocycles. The topological polar surface area (TPSA) is 54.3 Å². The Kier molecular flexibility index (Phi) is 5.31. The van der Waals surface area contributed by atoms with Crippen molar-refractivity contribution < 1.29 is 22.4 Å². The van der Waals surface area contributed by atoms with Gasteiger partial charge in [0.05, 0.1) is 24.9 Å². The Morgan fingerprint density at radius 2 is 2.00 bits per heavy atom. The van der Waals surface area contributed by atoms with Crippen LogP contribution < -0.4 is 10.6 Å². The average Bonchev–Trinajstić information content (AvgIpc) is 3.02. The van der Waals surface area contributed by atoms with Crippen molar-refractivity contribution >= 4 is 6.03 Å². The van der Waals surface area contributed by atoms with Gasteiger partial charge >= 0.3 is 12.2 Å². The Morgan fingerprint density at radius 3 is 2.70 bits per heavy atom. The minimum absolute atomic E-state index is 0.0141. The standard InChI is InChI=1S/C16H13F3N2O2/c17-16(18,19)13-6-1-4-12(10-13)5-2-8-20-15(22)21-11-14-7-3-9-23-14/h1,3-4,6-7,9-10H,8,11H2,(H2,20,21,22). The van der Waals surface area contributed by atoms with Crippen molar-refractivity contribution in [1.82, 2.24) is 10.6 Å². The van der Waals surface area contributed by atoms with Crippen LogP contribution in [0.3, 0.4) is 0 Å². The largest absolute Gasteiger partial charge is 0.467 e. The zero-order valence-electron chi connectivity index (χ0n) is 11.9. The summed E-state index contributed by atoms with van der Waals surface area (Å²) in [7, 11) is 0. The van der Waals surface area contributed by atoms with E-state index in [0.29, 0.717) is 5.76 Å². The van der Waals surface area contributed by atoms with E-state index in [9.17, 15) is 18.0 Å². The van der Waals surface area contributed by atoms with Gasteiger partial charge in [0.25, 0.3) is 0 Å². The minimum Gasteiger partial charge on any atom is -0.467 e. The fraction of sp³-hybridized carbons (Fsp3) is 0.188. The van der Waals surface area contributed by atoms with Crippen LogP contribution in [0, 0.1) is 11.8 Å². The Bertz CT molecular complexity index is 713. The molecule has 0 aliphatic carbocycles. The number of carbonyl (C=O) groups excluding carboxylic acids is 1. The van der Waals surface area contributed by atoms with Crippen LogP contribution in [-0.4, -0.2) is 12.6 Å². The lowest BCUT2D eigenvalue weighted by Crippen LogP contribution is -2.35. The first kappa shape index (κ1) is 16.5. The number of nitrogens with one attached hydrogen (secondary N) is 2. The summed E-state index contributed by atoms with van der Waals surface area (Å²) in [5.74, 6) is 5.77. The number of urea groups is 1. The highest BCUT2D eigenvalue weighted by Crippen LogP contribution is 2.29. The Balaban J connectivity index is 1.80. The highest BCUT2D eigenvalue weighted by atomic mass is 19.4. The van der Waals surface area contributed by atoms with E-state index in [1.807, 2.05) is 0 Å². The van der Waals surface area contributed by atoms with Gasteiger partial charge in [-0.3, -0.25) is 0 Å². The fourth-order valence-corrected chi connectivity index (χ4v) is 1.69. The molecule has 0 aliphatic rings. The second-order valence-corrected chi connectivity index (χ2v) is 4.50. The molecular formula is C16H13F3N2O2. The zero-order chi connectivity index (χ0) is 16.7. The van der Waals surface area contributed by atoms with Gasteiger partial charge in [-0.25, -0.2) is 4.79 Å². The number of rotatable bonds is 3. The highest BCUT2D eigenvalue weighted by molar-refractivity contribution is 5.74. The molecule has 2 aromatic rings. The van der Waals surface area contributed by atoms with Crippen LogP contribution in [-0.2, 0) is 12.7 Å². The van der Waals surface area contributed by atoms with Crippen molar-refractivity contribution in [3.8, 4) is 11.8 Å². The third kappa shape index (κ3) is 5.43. The number of benzene rings is 1. The molecule has 0 radical (unpaired) electrons. The molecule has 1 aromatic heterocycles. The van der Waals surface area contributed by atoms with E-state index >= 15 is 0 Å². The van der Waals surface area contributed by atoms with Crippen molar-refractivity contribution in [3.05, 3.63) is 59.5 Å². The van der Waals surface area contributed by atoms with E-state index in [-0.39, 0.29) is 18.7 Å². The Hall–Kier alpha value is -2.88. The molecule has 4 nitrogen and oxygen atoms in total. The summed E-state index contributed by atoms with van der Waals surface area (Å²) in [6.07, 6.45) is -2.91. The normalized spacial score (nSPS) is 10.6. The second-order valence-electron chi connectivity index (χ2n) is 4.50. The highest BCUT2D eigenvalue weighted by Gasteiger charge is 2.30. The van der Waals surface area contributed by atoms with E-state index in [1.165, 1.54) is 18.4 Å². The van der Waals surface area contributed by atoms with Crippen molar-refractivity contribution in [2.75, 3.05) is 6.54 Å². The molecule has 2 N–H and O–H groups in total. The molecule has 1 heterocycles. The number of alkyl halides is 3. The van der Waals surface area contributed by atoms with Crippen LogP contribution in [0.2, 0.25) is 0 Å². The number of amides is 2. The van der Waals surface area contributed by atoms with E-state index in [2.05, 4.69) is 22.5 Å². The van der Waals surface area contributed by atoms with E-state index in [0.717, 1.165) is 12.1 Å². The predicted molar refractivity (Wildman–Crippen MR) is 77.3 cm³/mol. The Morgan fingerprint density at radius 1 is 1.17 bits per heavy atom. The summed E-state index contributed by atoms with van der Waals surface area (Å²) in [5, 5.41) is 5.03. The minimum atomic E-state index is -4.40. The summed E-state index contributed by atoms with van der Waals surface area (Å²) in [4.78, 5) is 11.5. The maximum atomic E-state index is 12.5. The van der Waals surface area contributed by atoms with Crippen LogP contribution in [0.25, 0.3) is 0 Å². The van der Waals surface area contributed by atoms with Crippen LogP contribution in [0.4, 0.5) is 18.0 Å². The van der Waals surface area contributed by atoms with Gasteiger partial charge in [-0.2, -0.15) is 13.2 Å². The molecule has 0 fully saturated rings. The SMILES string of the molecule is O=C(NCC#Cc1cccc(C(F)(F)F)c1)NCc1ccco1. The molecule has 2 amide bonds. The first-order valence-electron chi connectivity index (χ1n) is 6.65. The van der Waals surface area contributed by atoms with Gasteiger partial charge in [0.1, 0.15) is 5.76 Å². The summed E-state index contributed by atoms with van der Waals surface area (Å²) in [5.41, 5.74) is -0.522. The molecule has 0 spiro atoms. The van der Waals surface area contributed by atoms with Crippen LogP contribution in [0.5, 0.6) is 0 Å². The molecule has 23 heavy (non-hydrogen) atoms. The molecule has 0 atom stereocenters. The summed E-state index contributed by atoms with van der Waals surface area (Å²) in [6.45, 7) is 0.250. The first-order chi connectivity index (χ1) is 10.9. The molecule has 7 heteroatoms. The van der Waals surface area contributed by atoms with E-state index in [1.54, 1.807) is 12.1 Å². The molecule has 0 unspecified atom stereocenters. The fourth-order valence-electron chi connectivity index (χ4n) is 1.69. The third-order valence-electron chi connectivity index (χ3n) is 2.76. The van der Waals surface area contributed by atoms with Crippen LogP contribution in [0.15, 0.2) is 47.1 Å². The molecule has 1 aromatic carbocycles. The number of furan rings is 1. The molecule has 0 bridgehead atoms. The van der Waals surface area contributed by atoms with Crippen molar-refractivity contribution in [2.24, 2.45) is 0 Å². The monoisotopic (exact) mass is 322 g/mol. The molecule has 2 rings (SSSR count). The summed E-state index contributed by atoms with van der Waals surface area (Å²) < 4.78 is 42.7. The lowest BCUT2D eigenvalue weighted by atomic mass is 10.1. The van der Waals surface area contributed by atoms with Gasteiger partial charge in [0, 0.05) is 5.56 Å². The van der Waals surface area contributed by atoms with Gasteiger partial charge in [0.15, 0.2) is 0 Å².